The van der Waals surface area contributed by atoms with Crippen LogP contribution in [-0.4, -0.2) is 22.2 Å². The standard InChI is InChI=1S/C19H16FN3O/c1-2-12-21-19(24)17-13-23(16-6-4-3-5-7-16)22-18(17)14-8-10-15(20)11-9-14/h2-11,13H,1,12H2,(H,21,24). The van der Waals surface area contributed by atoms with Gasteiger partial charge in [-0.2, -0.15) is 5.10 Å². The van der Waals surface area contributed by atoms with Crippen LogP contribution in [0.3, 0.4) is 0 Å². The van der Waals surface area contributed by atoms with Crippen molar-refractivity contribution in [2.75, 3.05) is 6.54 Å². The van der Waals surface area contributed by atoms with E-state index in [-0.39, 0.29) is 11.7 Å². The van der Waals surface area contributed by atoms with Crippen molar-refractivity contribution in [2.45, 2.75) is 0 Å². The number of nitrogens with one attached hydrogen (secondary N) is 1. The fourth-order valence-electron chi connectivity index (χ4n) is 2.33. The summed E-state index contributed by atoms with van der Waals surface area (Å²) in [6.07, 6.45) is 3.28. The van der Waals surface area contributed by atoms with E-state index < -0.39 is 0 Å². The van der Waals surface area contributed by atoms with Gasteiger partial charge in [0.15, 0.2) is 0 Å². The van der Waals surface area contributed by atoms with Gasteiger partial charge in [0.05, 0.1) is 11.3 Å². The van der Waals surface area contributed by atoms with E-state index in [1.807, 2.05) is 30.3 Å². The van der Waals surface area contributed by atoms with E-state index in [0.717, 1.165) is 5.69 Å². The molecule has 2 aromatic carbocycles. The predicted octanol–water partition coefficient (Wildman–Crippen LogP) is 3.59. The van der Waals surface area contributed by atoms with Gasteiger partial charge in [-0.3, -0.25) is 4.79 Å². The first-order chi connectivity index (χ1) is 11.7. The molecule has 0 bridgehead atoms. The van der Waals surface area contributed by atoms with Gasteiger partial charge in [0.25, 0.3) is 5.91 Å². The molecule has 3 rings (SSSR count). The zero-order valence-electron chi connectivity index (χ0n) is 12.9. The lowest BCUT2D eigenvalue weighted by atomic mass is 10.1. The van der Waals surface area contributed by atoms with Crippen LogP contribution in [0.15, 0.2) is 73.4 Å². The Labute approximate surface area is 139 Å². The van der Waals surface area contributed by atoms with Gasteiger partial charge in [-0.15, -0.1) is 6.58 Å². The van der Waals surface area contributed by atoms with Crippen molar-refractivity contribution in [1.82, 2.24) is 15.1 Å². The Kier molecular flexibility index (Phi) is 4.52. The van der Waals surface area contributed by atoms with E-state index in [4.69, 9.17) is 0 Å². The maximum absolute atomic E-state index is 13.2. The van der Waals surface area contributed by atoms with Gasteiger partial charge in [-0.1, -0.05) is 24.3 Å². The molecule has 4 nitrogen and oxygen atoms in total. The highest BCUT2D eigenvalue weighted by molar-refractivity contribution is 6.00. The van der Waals surface area contributed by atoms with Crippen LogP contribution in [-0.2, 0) is 0 Å². The van der Waals surface area contributed by atoms with Crippen molar-refractivity contribution in [3.05, 3.63) is 84.8 Å². The first-order valence-electron chi connectivity index (χ1n) is 7.49. The van der Waals surface area contributed by atoms with Crippen LogP contribution in [0, 0.1) is 5.82 Å². The number of halogens is 1. The van der Waals surface area contributed by atoms with Gasteiger partial charge in [-0.05, 0) is 36.4 Å². The van der Waals surface area contributed by atoms with E-state index in [9.17, 15) is 9.18 Å². The van der Waals surface area contributed by atoms with Crippen LogP contribution in [0.5, 0.6) is 0 Å². The molecule has 0 aliphatic rings. The number of hydrogen-bond acceptors (Lipinski definition) is 2. The molecule has 24 heavy (non-hydrogen) atoms. The maximum Gasteiger partial charge on any atom is 0.255 e. The van der Waals surface area contributed by atoms with Crippen molar-refractivity contribution in [3.63, 3.8) is 0 Å². The summed E-state index contributed by atoms with van der Waals surface area (Å²) >= 11 is 0. The summed E-state index contributed by atoms with van der Waals surface area (Å²) in [6, 6.07) is 15.4. The topological polar surface area (TPSA) is 46.9 Å². The molecule has 5 heteroatoms. The normalized spacial score (nSPS) is 10.4. The second-order valence-electron chi connectivity index (χ2n) is 5.18. The highest BCUT2D eigenvalue weighted by Gasteiger charge is 2.18. The molecular weight excluding hydrogens is 305 g/mol. The van der Waals surface area contributed by atoms with E-state index in [0.29, 0.717) is 23.4 Å². The van der Waals surface area contributed by atoms with Gasteiger partial charge < -0.3 is 5.32 Å². The first kappa shape index (κ1) is 15.7. The SMILES string of the molecule is C=CCNC(=O)c1cn(-c2ccccc2)nc1-c1ccc(F)cc1. The molecule has 120 valence electrons. The summed E-state index contributed by atoms with van der Waals surface area (Å²) < 4.78 is 14.8. The third kappa shape index (κ3) is 3.25. The number of aromatic nitrogens is 2. The Bertz CT molecular complexity index is 854. The van der Waals surface area contributed by atoms with Crippen molar-refractivity contribution in [3.8, 4) is 16.9 Å². The number of rotatable bonds is 5. The third-order valence-corrected chi connectivity index (χ3v) is 3.50. The Hall–Kier alpha value is -3.21. The molecule has 0 radical (unpaired) electrons. The van der Waals surface area contributed by atoms with E-state index in [1.165, 1.54) is 12.1 Å². The van der Waals surface area contributed by atoms with Crippen LogP contribution in [0.1, 0.15) is 10.4 Å². The molecule has 0 saturated carbocycles. The number of nitrogens with zero attached hydrogens (tertiary/aromatic N) is 2. The minimum Gasteiger partial charge on any atom is -0.348 e. The summed E-state index contributed by atoms with van der Waals surface area (Å²) in [4.78, 5) is 12.4. The maximum atomic E-state index is 13.2. The average molecular weight is 321 g/mol. The van der Waals surface area contributed by atoms with Gasteiger partial charge in [0.2, 0.25) is 0 Å². The molecule has 0 aliphatic heterocycles. The quantitative estimate of drug-likeness (QED) is 0.730. The Morgan fingerprint density at radius 3 is 2.54 bits per heavy atom. The fourth-order valence-corrected chi connectivity index (χ4v) is 2.33. The molecule has 0 aliphatic carbocycles. The lowest BCUT2D eigenvalue weighted by Gasteiger charge is -2.03. The smallest absolute Gasteiger partial charge is 0.255 e. The van der Waals surface area contributed by atoms with Crippen LogP contribution in [0.4, 0.5) is 4.39 Å². The molecule has 1 heterocycles. The lowest BCUT2D eigenvalue weighted by molar-refractivity contribution is 0.0958. The van der Waals surface area contributed by atoms with E-state index in [1.54, 1.807) is 29.1 Å². The summed E-state index contributed by atoms with van der Waals surface area (Å²) in [5.74, 6) is -0.588. The summed E-state index contributed by atoms with van der Waals surface area (Å²) in [5.41, 5.74) is 2.44. The molecule has 0 fully saturated rings. The van der Waals surface area contributed by atoms with Crippen LogP contribution >= 0.6 is 0 Å². The monoisotopic (exact) mass is 321 g/mol. The average Bonchev–Trinajstić information content (AvgIpc) is 3.06. The molecular formula is C19H16FN3O. The van der Waals surface area contributed by atoms with E-state index >= 15 is 0 Å². The van der Waals surface area contributed by atoms with Gasteiger partial charge in [0, 0.05) is 18.3 Å². The molecule has 1 amide bonds. The van der Waals surface area contributed by atoms with Gasteiger partial charge >= 0.3 is 0 Å². The molecule has 3 aromatic rings. The van der Waals surface area contributed by atoms with Crippen LogP contribution in [0.25, 0.3) is 16.9 Å². The third-order valence-electron chi connectivity index (χ3n) is 3.50. The number of para-hydroxylation sites is 1. The number of benzene rings is 2. The minimum absolute atomic E-state index is 0.253. The number of hydrogen-bond donors (Lipinski definition) is 1. The lowest BCUT2D eigenvalue weighted by Crippen LogP contribution is -2.23. The zero-order chi connectivity index (χ0) is 16.9. The second-order valence-corrected chi connectivity index (χ2v) is 5.18. The zero-order valence-corrected chi connectivity index (χ0v) is 12.9. The fraction of sp³-hybridized carbons (Fsp3) is 0.0526. The summed E-state index contributed by atoms with van der Waals surface area (Å²) in [5, 5.41) is 7.27. The van der Waals surface area contributed by atoms with Crippen molar-refractivity contribution in [1.29, 1.82) is 0 Å². The highest BCUT2D eigenvalue weighted by atomic mass is 19.1. The minimum atomic E-state index is -0.334. The molecule has 0 saturated heterocycles. The first-order valence-corrected chi connectivity index (χ1v) is 7.49. The number of carbonyl (C=O) groups is 1. The Balaban J connectivity index is 2.07. The Morgan fingerprint density at radius 1 is 1.17 bits per heavy atom. The second kappa shape index (κ2) is 6.91. The largest absolute Gasteiger partial charge is 0.348 e. The van der Waals surface area contributed by atoms with Gasteiger partial charge in [-0.25, -0.2) is 9.07 Å². The highest BCUT2D eigenvalue weighted by Crippen LogP contribution is 2.24. The Morgan fingerprint density at radius 2 is 1.88 bits per heavy atom. The van der Waals surface area contributed by atoms with Crippen molar-refractivity contribution in [2.24, 2.45) is 0 Å². The molecule has 0 spiro atoms. The predicted molar refractivity (Wildman–Crippen MR) is 91.5 cm³/mol. The van der Waals surface area contributed by atoms with E-state index in [2.05, 4.69) is 17.0 Å². The molecule has 0 atom stereocenters. The summed E-state index contributed by atoms with van der Waals surface area (Å²) in [6.45, 7) is 3.95. The van der Waals surface area contributed by atoms with Crippen LogP contribution in [0.2, 0.25) is 0 Å². The number of carbonyl (C=O) groups excluding carboxylic acids is 1. The van der Waals surface area contributed by atoms with Crippen molar-refractivity contribution >= 4 is 5.91 Å². The van der Waals surface area contributed by atoms with Gasteiger partial charge in [0.1, 0.15) is 11.5 Å². The summed E-state index contributed by atoms with van der Waals surface area (Å²) in [7, 11) is 0. The molecule has 1 N–H and O–H groups in total. The molecule has 0 unspecified atom stereocenters. The number of amides is 1. The van der Waals surface area contributed by atoms with Crippen molar-refractivity contribution < 1.29 is 9.18 Å². The molecule has 1 aromatic heterocycles. The van der Waals surface area contributed by atoms with Crippen LogP contribution < -0.4 is 5.32 Å².